The minimum Gasteiger partial charge on any atom is -0.319 e. The van der Waals surface area contributed by atoms with Crippen molar-refractivity contribution in [2.45, 2.75) is 6.92 Å². The number of carbonyl (C=O) groups excluding carboxylic acids is 1. The highest BCUT2D eigenvalue weighted by molar-refractivity contribution is 6.31. The standard InChI is InChI=1S/C20H13ClFN3O/c1-12-5-4-6-13-9-14(19(21)25-18(12)13)10-15(11-23)20(26)24-17-8-3-2-7-16(17)22/h2-10H,1H3,(H,24,26)/b15-10+. The third-order valence-electron chi connectivity index (χ3n) is 3.82. The highest BCUT2D eigenvalue weighted by Crippen LogP contribution is 2.25. The molecule has 6 heteroatoms. The smallest absolute Gasteiger partial charge is 0.266 e. The molecule has 0 aliphatic heterocycles. The third-order valence-corrected chi connectivity index (χ3v) is 4.12. The van der Waals surface area contributed by atoms with Gasteiger partial charge in [-0.25, -0.2) is 9.37 Å². The zero-order valence-corrected chi connectivity index (χ0v) is 14.5. The van der Waals surface area contributed by atoms with Crippen molar-refractivity contribution in [3.05, 3.63) is 76.2 Å². The van der Waals surface area contributed by atoms with E-state index >= 15 is 0 Å². The molecule has 3 aromatic rings. The first-order valence-corrected chi connectivity index (χ1v) is 8.11. The van der Waals surface area contributed by atoms with Crippen molar-refractivity contribution in [1.82, 2.24) is 4.98 Å². The van der Waals surface area contributed by atoms with Crippen LogP contribution in [0, 0.1) is 24.1 Å². The van der Waals surface area contributed by atoms with Gasteiger partial charge in [0.15, 0.2) is 0 Å². The molecule has 26 heavy (non-hydrogen) atoms. The van der Waals surface area contributed by atoms with Crippen LogP contribution in [-0.2, 0) is 4.79 Å². The van der Waals surface area contributed by atoms with Crippen LogP contribution in [-0.4, -0.2) is 10.9 Å². The quantitative estimate of drug-likeness (QED) is 0.408. The number of rotatable bonds is 3. The number of fused-ring (bicyclic) bond motifs is 1. The Morgan fingerprint density at radius 2 is 2.04 bits per heavy atom. The average molecular weight is 366 g/mol. The molecule has 0 saturated heterocycles. The molecule has 1 amide bonds. The minimum atomic E-state index is -0.724. The van der Waals surface area contributed by atoms with Crippen LogP contribution >= 0.6 is 11.6 Å². The normalized spacial score (nSPS) is 11.2. The molecule has 0 aliphatic carbocycles. The predicted octanol–water partition coefficient (Wildman–Crippen LogP) is 4.88. The maximum Gasteiger partial charge on any atom is 0.266 e. The Labute approximate surface area is 154 Å². The lowest BCUT2D eigenvalue weighted by atomic mass is 10.1. The molecule has 0 bridgehead atoms. The summed E-state index contributed by atoms with van der Waals surface area (Å²) in [7, 11) is 0. The van der Waals surface area contributed by atoms with Gasteiger partial charge in [0.05, 0.1) is 11.2 Å². The predicted molar refractivity (Wildman–Crippen MR) is 100 cm³/mol. The fourth-order valence-electron chi connectivity index (χ4n) is 2.50. The van der Waals surface area contributed by atoms with Crippen molar-refractivity contribution < 1.29 is 9.18 Å². The number of hydrogen-bond acceptors (Lipinski definition) is 3. The molecule has 1 heterocycles. The van der Waals surface area contributed by atoms with E-state index in [0.717, 1.165) is 16.5 Å². The van der Waals surface area contributed by atoms with E-state index in [1.165, 1.54) is 24.3 Å². The zero-order chi connectivity index (χ0) is 18.7. The van der Waals surface area contributed by atoms with Crippen molar-refractivity contribution in [1.29, 1.82) is 5.26 Å². The van der Waals surface area contributed by atoms with Gasteiger partial charge >= 0.3 is 0 Å². The molecule has 0 spiro atoms. The summed E-state index contributed by atoms with van der Waals surface area (Å²) in [5, 5.41) is 12.7. The molecular weight excluding hydrogens is 353 g/mol. The summed E-state index contributed by atoms with van der Waals surface area (Å²) in [6.45, 7) is 1.92. The van der Waals surface area contributed by atoms with Crippen LogP contribution in [0.5, 0.6) is 0 Å². The minimum absolute atomic E-state index is 0.00277. The van der Waals surface area contributed by atoms with Gasteiger partial charge in [0.25, 0.3) is 5.91 Å². The van der Waals surface area contributed by atoms with Crippen LogP contribution in [0.3, 0.4) is 0 Å². The Morgan fingerprint density at radius 1 is 1.27 bits per heavy atom. The highest BCUT2D eigenvalue weighted by atomic mass is 35.5. The lowest BCUT2D eigenvalue weighted by Crippen LogP contribution is -2.14. The van der Waals surface area contributed by atoms with Gasteiger partial charge < -0.3 is 5.32 Å². The maximum absolute atomic E-state index is 13.7. The molecule has 0 radical (unpaired) electrons. The van der Waals surface area contributed by atoms with E-state index in [4.69, 9.17) is 11.6 Å². The van der Waals surface area contributed by atoms with Crippen molar-refractivity contribution >= 4 is 40.2 Å². The van der Waals surface area contributed by atoms with E-state index in [0.29, 0.717) is 5.56 Å². The van der Waals surface area contributed by atoms with Gasteiger partial charge in [-0.15, -0.1) is 0 Å². The molecule has 0 saturated carbocycles. The summed E-state index contributed by atoms with van der Waals surface area (Å²) >= 11 is 6.21. The molecule has 2 aromatic carbocycles. The maximum atomic E-state index is 13.7. The molecule has 0 atom stereocenters. The van der Waals surface area contributed by atoms with E-state index in [1.54, 1.807) is 12.1 Å². The Morgan fingerprint density at radius 3 is 2.77 bits per heavy atom. The van der Waals surface area contributed by atoms with E-state index in [2.05, 4.69) is 10.3 Å². The molecule has 3 rings (SSSR count). The molecule has 1 N–H and O–H groups in total. The molecule has 0 unspecified atom stereocenters. The highest BCUT2D eigenvalue weighted by Gasteiger charge is 2.13. The van der Waals surface area contributed by atoms with Gasteiger partial charge in [0.2, 0.25) is 0 Å². The molecule has 4 nitrogen and oxygen atoms in total. The van der Waals surface area contributed by atoms with Gasteiger partial charge in [-0.1, -0.05) is 41.9 Å². The van der Waals surface area contributed by atoms with Crippen LogP contribution in [0.1, 0.15) is 11.1 Å². The van der Waals surface area contributed by atoms with Gasteiger partial charge in [-0.3, -0.25) is 4.79 Å². The summed E-state index contributed by atoms with van der Waals surface area (Å²) in [5.41, 5.74) is 1.95. The van der Waals surface area contributed by atoms with E-state index in [9.17, 15) is 14.4 Å². The fourth-order valence-corrected chi connectivity index (χ4v) is 2.69. The second-order valence-corrected chi connectivity index (χ2v) is 5.98. The van der Waals surface area contributed by atoms with Crippen LogP contribution in [0.4, 0.5) is 10.1 Å². The van der Waals surface area contributed by atoms with Crippen LogP contribution in [0.25, 0.3) is 17.0 Å². The first-order chi connectivity index (χ1) is 12.5. The first-order valence-electron chi connectivity index (χ1n) is 7.73. The van der Waals surface area contributed by atoms with Crippen molar-refractivity contribution in [3.63, 3.8) is 0 Å². The number of carbonyl (C=O) groups is 1. The number of anilines is 1. The Hall–Kier alpha value is -3.23. The van der Waals surface area contributed by atoms with Crippen LogP contribution in [0.15, 0.2) is 54.1 Å². The summed E-state index contributed by atoms with van der Waals surface area (Å²) in [6.07, 6.45) is 1.34. The Bertz CT molecular complexity index is 1090. The van der Waals surface area contributed by atoms with E-state index in [1.807, 2.05) is 31.2 Å². The van der Waals surface area contributed by atoms with Gasteiger partial charge in [-0.05, 0) is 36.8 Å². The summed E-state index contributed by atoms with van der Waals surface area (Å²) in [4.78, 5) is 16.6. The fraction of sp³-hybridized carbons (Fsp3) is 0.0500. The number of halogens is 2. The molecule has 128 valence electrons. The Balaban J connectivity index is 1.98. The number of nitrogens with one attached hydrogen (secondary N) is 1. The van der Waals surface area contributed by atoms with E-state index < -0.39 is 11.7 Å². The third kappa shape index (κ3) is 3.56. The zero-order valence-electron chi connectivity index (χ0n) is 13.8. The summed E-state index contributed by atoms with van der Waals surface area (Å²) in [6, 6.07) is 15.0. The number of hydrogen-bond donors (Lipinski definition) is 1. The number of nitrogens with zero attached hydrogens (tertiary/aromatic N) is 2. The van der Waals surface area contributed by atoms with Gasteiger partial charge in [0, 0.05) is 10.9 Å². The summed E-state index contributed by atoms with van der Waals surface area (Å²) in [5.74, 6) is -1.31. The second-order valence-electron chi connectivity index (χ2n) is 5.62. The second kappa shape index (κ2) is 7.34. The number of para-hydroxylation sites is 2. The number of nitriles is 1. The molecule has 0 aliphatic rings. The largest absolute Gasteiger partial charge is 0.319 e. The van der Waals surface area contributed by atoms with Gasteiger partial charge in [0.1, 0.15) is 22.6 Å². The van der Waals surface area contributed by atoms with E-state index in [-0.39, 0.29) is 16.4 Å². The van der Waals surface area contributed by atoms with Crippen LogP contribution < -0.4 is 5.32 Å². The van der Waals surface area contributed by atoms with Gasteiger partial charge in [-0.2, -0.15) is 5.26 Å². The topological polar surface area (TPSA) is 65.8 Å². The number of benzene rings is 2. The Kier molecular flexibility index (Phi) is 4.97. The lowest BCUT2D eigenvalue weighted by molar-refractivity contribution is -0.112. The van der Waals surface area contributed by atoms with Crippen molar-refractivity contribution in [2.24, 2.45) is 0 Å². The number of aromatic nitrogens is 1. The summed E-state index contributed by atoms with van der Waals surface area (Å²) < 4.78 is 13.7. The monoisotopic (exact) mass is 365 g/mol. The molecule has 0 fully saturated rings. The van der Waals surface area contributed by atoms with Crippen molar-refractivity contribution in [3.8, 4) is 6.07 Å². The van der Waals surface area contributed by atoms with Crippen molar-refractivity contribution in [2.75, 3.05) is 5.32 Å². The number of pyridine rings is 1. The number of amides is 1. The first kappa shape index (κ1) is 17.6. The molecular formula is C20H13ClFN3O. The average Bonchev–Trinajstić information content (AvgIpc) is 2.62. The number of aryl methyl sites for hydroxylation is 1. The van der Waals surface area contributed by atoms with Crippen LogP contribution in [0.2, 0.25) is 5.15 Å². The lowest BCUT2D eigenvalue weighted by Gasteiger charge is -2.07. The molecule has 1 aromatic heterocycles. The SMILES string of the molecule is Cc1cccc2cc(/C=C(\C#N)C(=O)Nc3ccccc3F)c(Cl)nc12.